The van der Waals surface area contributed by atoms with Crippen molar-refractivity contribution in [2.24, 2.45) is 0 Å². The van der Waals surface area contributed by atoms with Crippen molar-refractivity contribution in [2.45, 2.75) is 5.60 Å². The molecular formula is C30H28N2O2. The van der Waals surface area contributed by atoms with E-state index in [1.165, 1.54) is 0 Å². The van der Waals surface area contributed by atoms with E-state index in [0.29, 0.717) is 5.56 Å². The Labute approximate surface area is 201 Å². The van der Waals surface area contributed by atoms with Gasteiger partial charge in [-0.3, -0.25) is 0 Å². The summed E-state index contributed by atoms with van der Waals surface area (Å²) in [5.74, 6) is -0.301. The molecule has 0 saturated carbocycles. The molecule has 4 aromatic rings. The van der Waals surface area contributed by atoms with Gasteiger partial charge in [0.05, 0.1) is 5.56 Å². The van der Waals surface area contributed by atoms with Crippen molar-refractivity contribution >= 4 is 17.3 Å². The van der Waals surface area contributed by atoms with Crippen molar-refractivity contribution in [1.29, 1.82) is 0 Å². The van der Waals surface area contributed by atoms with Gasteiger partial charge in [0.1, 0.15) is 0 Å². The molecule has 0 fully saturated rings. The minimum atomic E-state index is -1.03. The van der Waals surface area contributed by atoms with E-state index in [9.17, 15) is 4.79 Å². The highest BCUT2D eigenvalue weighted by Crippen LogP contribution is 2.49. The van der Waals surface area contributed by atoms with Gasteiger partial charge in [-0.05, 0) is 41.5 Å². The lowest BCUT2D eigenvalue weighted by atomic mass is 9.77. The Bertz CT molecular complexity index is 1340. The van der Waals surface area contributed by atoms with Gasteiger partial charge in [0, 0.05) is 56.3 Å². The molecule has 0 saturated heterocycles. The molecule has 1 aliphatic rings. The zero-order chi connectivity index (χ0) is 23.9. The summed E-state index contributed by atoms with van der Waals surface area (Å²) in [6, 6.07) is 32.7. The number of hydrogen-bond acceptors (Lipinski definition) is 4. The van der Waals surface area contributed by atoms with Crippen LogP contribution in [0.15, 0.2) is 97.1 Å². The Balaban J connectivity index is 1.77. The highest BCUT2D eigenvalue weighted by molar-refractivity contribution is 5.97. The minimum absolute atomic E-state index is 0.301. The van der Waals surface area contributed by atoms with Crippen LogP contribution in [0.1, 0.15) is 27.0 Å². The number of nitrogens with zero attached hydrogens (tertiary/aromatic N) is 2. The zero-order valence-electron chi connectivity index (χ0n) is 19.9. The molecular weight excluding hydrogens is 420 g/mol. The van der Waals surface area contributed by atoms with Crippen LogP contribution in [0.2, 0.25) is 0 Å². The molecule has 1 unspecified atom stereocenters. The lowest BCUT2D eigenvalue weighted by Crippen LogP contribution is -2.30. The number of benzene rings is 4. The number of fused-ring (bicyclic) bond motifs is 1. The molecule has 0 spiro atoms. The van der Waals surface area contributed by atoms with Gasteiger partial charge in [0.25, 0.3) is 0 Å². The summed E-state index contributed by atoms with van der Waals surface area (Å²) in [5.41, 5.74) is 6.65. The molecule has 170 valence electrons. The second-order valence-electron chi connectivity index (χ2n) is 9.04. The number of esters is 1. The van der Waals surface area contributed by atoms with E-state index in [0.717, 1.165) is 39.2 Å². The first kappa shape index (κ1) is 21.8. The maximum absolute atomic E-state index is 13.1. The van der Waals surface area contributed by atoms with Crippen molar-refractivity contribution in [3.05, 3.63) is 119 Å². The number of carbonyl (C=O) groups is 1. The van der Waals surface area contributed by atoms with Crippen LogP contribution in [0, 0.1) is 0 Å². The van der Waals surface area contributed by atoms with Gasteiger partial charge in [0.15, 0.2) is 5.60 Å². The SMILES string of the molecule is CN(C)c1ccc(-c2ccccc2C2(c3ccc(N(C)C)cc3)OC(=O)c3ccccc32)cc1. The first-order valence-electron chi connectivity index (χ1n) is 11.4. The maximum Gasteiger partial charge on any atom is 0.340 e. The summed E-state index contributed by atoms with van der Waals surface area (Å²) in [5, 5.41) is 0. The predicted octanol–water partition coefficient (Wildman–Crippen LogP) is 5.95. The lowest BCUT2D eigenvalue weighted by molar-refractivity contribution is 0.0253. The van der Waals surface area contributed by atoms with Crippen molar-refractivity contribution in [3.63, 3.8) is 0 Å². The van der Waals surface area contributed by atoms with Crippen LogP contribution in [0.3, 0.4) is 0 Å². The van der Waals surface area contributed by atoms with Gasteiger partial charge in [-0.2, -0.15) is 0 Å². The van der Waals surface area contributed by atoms with Gasteiger partial charge in [-0.25, -0.2) is 4.79 Å². The molecule has 4 heteroatoms. The average Bonchev–Trinajstić information content (AvgIpc) is 3.17. The number of ether oxygens (including phenoxy) is 1. The quantitative estimate of drug-likeness (QED) is 0.353. The second-order valence-corrected chi connectivity index (χ2v) is 9.04. The van der Waals surface area contributed by atoms with E-state index in [4.69, 9.17) is 4.74 Å². The fraction of sp³-hybridized carbons (Fsp3) is 0.167. The van der Waals surface area contributed by atoms with E-state index in [-0.39, 0.29) is 5.97 Å². The molecule has 0 aliphatic carbocycles. The molecule has 1 aliphatic heterocycles. The van der Waals surface area contributed by atoms with Crippen LogP contribution in [-0.2, 0) is 10.3 Å². The van der Waals surface area contributed by atoms with Gasteiger partial charge in [-0.1, -0.05) is 66.7 Å². The third kappa shape index (κ3) is 3.43. The molecule has 0 bridgehead atoms. The summed E-state index contributed by atoms with van der Waals surface area (Å²) in [7, 11) is 8.10. The van der Waals surface area contributed by atoms with Gasteiger partial charge in [-0.15, -0.1) is 0 Å². The molecule has 0 N–H and O–H groups in total. The number of rotatable bonds is 5. The normalized spacial score (nSPS) is 16.6. The van der Waals surface area contributed by atoms with E-state index in [2.05, 4.69) is 70.5 Å². The summed E-state index contributed by atoms with van der Waals surface area (Å²) >= 11 is 0. The van der Waals surface area contributed by atoms with Crippen molar-refractivity contribution < 1.29 is 9.53 Å². The number of hydrogen-bond donors (Lipinski definition) is 0. The Kier molecular flexibility index (Phi) is 5.37. The van der Waals surface area contributed by atoms with E-state index >= 15 is 0 Å². The first-order chi connectivity index (χ1) is 16.4. The Morgan fingerprint density at radius 3 is 1.62 bits per heavy atom. The minimum Gasteiger partial charge on any atom is -0.441 e. The Morgan fingerprint density at radius 2 is 1.06 bits per heavy atom. The molecule has 0 radical (unpaired) electrons. The number of cyclic esters (lactones) is 1. The van der Waals surface area contributed by atoms with Crippen molar-refractivity contribution in [3.8, 4) is 11.1 Å². The largest absolute Gasteiger partial charge is 0.441 e. The second kappa shape index (κ2) is 8.38. The highest BCUT2D eigenvalue weighted by atomic mass is 16.6. The van der Waals surface area contributed by atoms with Crippen LogP contribution in [0.25, 0.3) is 11.1 Å². The van der Waals surface area contributed by atoms with Crippen molar-refractivity contribution in [2.75, 3.05) is 38.0 Å². The van der Waals surface area contributed by atoms with Gasteiger partial charge in [0.2, 0.25) is 0 Å². The van der Waals surface area contributed by atoms with Crippen LogP contribution in [-0.4, -0.2) is 34.2 Å². The van der Waals surface area contributed by atoms with Crippen LogP contribution >= 0.6 is 0 Å². The Morgan fingerprint density at radius 1 is 0.588 bits per heavy atom. The molecule has 0 aromatic heterocycles. The third-order valence-electron chi connectivity index (χ3n) is 6.56. The van der Waals surface area contributed by atoms with E-state index < -0.39 is 5.60 Å². The zero-order valence-corrected chi connectivity index (χ0v) is 19.9. The fourth-order valence-corrected chi connectivity index (χ4v) is 4.76. The topological polar surface area (TPSA) is 32.8 Å². The number of anilines is 2. The molecule has 1 heterocycles. The molecule has 5 rings (SSSR count). The van der Waals surface area contributed by atoms with Crippen molar-refractivity contribution in [1.82, 2.24) is 0 Å². The van der Waals surface area contributed by atoms with E-state index in [1.807, 2.05) is 64.6 Å². The summed E-state index contributed by atoms with van der Waals surface area (Å²) in [4.78, 5) is 17.3. The lowest BCUT2D eigenvalue weighted by Gasteiger charge is -2.32. The van der Waals surface area contributed by atoms with Crippen LogP contribution < -0.4 is 9.80 Å². The smallest absolute Gasteiger partial charge is 0.340 e. The first-order valence-corrected chi connectivity index (χ1v) is 11.4. The van der Waals surface area contributed by atoms with Crippen LogP contribution in [0.4, 0.5) is 11.4 Å². The monoisotopic (exact) mass is 448 g/mol. The summed E-state index contributed by atoms with van der Waals surface area (Å²) in [6.07, 6.45) is 0. The molecule has 1 atom stereocenters. The number of carbonyl (C=O) groups excluding carboxylic acids is 1. The molecule has 4 nitrogen and oxygen atoms in total. The van der Waals surface area contributed by atoms with Crippen LogP contribution in [0.5, 0.6) is 0 Å². The maximum atomic E-state index is 13.1. The molecule has 0 amide bonds. The fourth-order valence-electron chi connectivity index (χ4n) is 4.76. The van der Waals surface area contributed by atoms with Gasteiger partial charge >= 0.3 is 5.97 Å². The predicted molar refractivity (Wildman–Crippen MR) is 139 cm³/mol. The van der Waals surface area contributed by atoms with E-state index in [1.54, 1.807) is 0 Å². The Hall–Kier alpha value is -4.05. The molecule has 34 heavy (non-hydrogen) atoms. The highest BCUT2D eigenvalue weighted by Gasteiger charge is 2.49. The summed E-state index contributed by atoms with van der Waals surface area (Å²) < 4.78 is 6.36. The summed E-state index contributed by atoms with van der Waals surface area (Å²) in [6.45, 7) is 0. The average molecular weight is 449 g/mol. The third-order valence-corrected chi connectivity index (χ3v) is 6.56. The van der Waals surface area contributed by atoms with Gasteiger partial charge < -0.3 is 14.5 Å². The molecule has 4 aromatic carbocycles. The standard InChI is InChI=1S/C30H28N2O2/c1-31(2)23-17-13-21(14-18-23)25-9-5-7-11-27(25)30(22-15-19-24(20-16-22)32(3)4)28-12-8-6-10-26(28)29(33)34-30/h5-20H,1-4H3.